The number of benzene rings is 1. The molecule has 3 aromatic rings. The summed E-state index contributed by atoms with van der Waals surface area (Å²) < 4.78 is 1.34. The molecule has 1 aromatic carbocycles. The molecule has 33 heavy (non-hydrogen) atoms. The van der Waals surface area contributed by atoms with Crippen molar-refractivity contribution in [2.24, 2.45) is 0 Å². The lowest BCUT2D eigenvalue weighted by molar-refractivity contribution is 0.0426. The zero-order chi connectivity index (χ0) is 23.7. The van der Waals surface area contributed by atoms with E-state index in [2.05, 4.69) is 41.8 Å². The quantitative estimate of drug-likeness (QED) is 0.663. The van der Waals surface area contributed by atoms with Crippen LogP contribution in [0.4, 0.5) is 0 Å². The molecular formula is C25H28N6O2. The van der Waals surface area contributed by atoms with E-state index < -0.39 is 0 Å². The van der Waals surface area contributed by atoms with Crippen LogP contribution in [0.1, 0.15) is 42.3 Å². The maximum Gasteiger partial charge on any atom is 0.255 e. The second kappa shape index (κ2) is 9.04. The van der Waals surface area contributed by atoms with E-state index in [1.54, 1.807) is 36.5 Å². The Hall–Kier alpha value is -3.70. The van der Waals surface area contributed by atoms with E-state index in [0.717, 1.165) is 17.7 Å². The summed E-state index contributed by atoms with van der Waals surface area (Å²) in [6.45, 7) is 10.6. The third-order valence-corrected chi connectivity index (χ3v) is 6.23. The van der Waals surface area contributed by atoms with Crippen molar-refractivity contribution >= 4 is 5.91 Å². The van der Waals surface area contributed by atoms with Crippen LogP contribution in [0.2, 0.25) is 0 Å². The molecule has 1 amide bonds. The molecule has 4 rings (SSSR count). The summed E-state index contributed by atoms with van der Waals surface area (Å²) in [5.41, 5.74) is 3.28. The average Bonchev–Trinajstić information content (AvgIpc) is 3.19. The minimum Gasteiger partial charge on any atom is -0.493 e. The van der Waals surface area contributed by atoms with Gasteiger partial charge in [-0.15, -0.1) is 0 Å². The topological polar surface area (TPSA) is 98.3 Å². The largest absolute Gasteiger partial charge is 0.493 e. The summed E-state index contributed by atoms with van der Waals surface area (Å²) >= 11 is 0. The van der Waals surface area contributed by atoms with Crippen molar-refractivity contribution in [2.45, 2.75) is 39.8 Å². The van der Waals surface area contributed by atoms with Crippen LogP contribution in [-0.2, 0) is 0 Å². The molecule has 170 valence electrons. The minimum absolute atomic E-state index is 0.0390. The standard InChI is InChI=1S/C25H28N6O2/c1-16(2)30-10-9-29(15-18(30)4)24(32)20-6-8-23(27-13-20)31-25(33)22(14-28-31)21-7-5-19(12-26)11-17(21)3/h5-8,11,13-14,16,18,33H,9-10,15H2,1-4H3. The molecule has 2 aromatic heterocycles. The Kier molecular flexibility index (Phi) is 6.16. The summed E-state index contributed by atoms with van der Waals surface area (Å²) in [4.78, 5) is 21.6. The van der Waals surface area contributed by atoms with Crippen molar-refractivity contribution in [1.82, 2.24) is 24.6 Å². The number of carbonyl (C=O) groups is 1. The first kappa shape index (κ1) is 22.5. The predicted octanol–water partition coefficient (Wildman–Crippen LogP) is 3.37. The number of aromatic nitrogens is 3. The first-order valence-corrected chi connectivity index (χ1v) is 11.1. The molecule has 3 heterocycles. The second-order valence-corrected chi connectivity index (χ2v) is 8.77. The Morgan fingerprint density at radius 1 is 1.18 bits per heavy atom. The summed E-state index contributed by atoms with van der Waals surface area (Å²) in [7, 11) is 0. The highest BCUT2D eigenvalue weighted by atomic mass is 16.3. The van der Waals surface area contributed by atoms with Gasteiger partial charge in [0.2, 0.25) is 5.88 Å². The number of aromatic hydroxyl groups is 1. The zero-order valence-corrected chi connectivity index (χ0v) is 19.4. The van der Waals surface area contributed by atoms with E-state index in [4.69, 9.17) is 5.26 Å². The molecule has 1 aliphatic rings. The van der Waals surface area contributed by atoms with E-state index >= 15 is 0 Å². The van der Waals surface area contributed by atoms with E-state index in [1.807, 2.05) is 11.8 Å². The second-order valence-electron chi connectivity index (χ2n) is 8.77. The summed E-state index contributed by atoms with van der Waals surface area (Å²) in [5.74, 6) is 0.329. The van der Waals surface area contributed by atoms with Crippen molar-refractivity contribution in [3.05, 3.63) is 59.4 Å². The molecule has 1 saturated heterocycles. The van der Waals surface area contributed by atoms with Gasteiger partial charge in [-0.25, -0.2) is 4.98 Å². The van der Waals surface area contributed by atoms with E-state index in [1.165, 1.54) is 10.9 Å². The molecule has 1 N–H and O–H groups in total. The van der Waals surface area contributed by atoms with Crippen molar-refractivity contribution in [3.8, 4) is 28.9 Å². The van der Waals surface area contributed by atoms with Crippen molar-refractivity contribution < 1.29 is 9.90 Å². The molecule has 0 radical (unpaired) electrons. The first-order valence-electron chi connectivity index (χ1n) is 11.1. The number of carbonyl (C=O) groups excluding carboxylic acids is 1. The van der Waals surface area contributed by atoms with Crippen molar-refractivity contribution in [1.29, 1.82) is 5.26 Å². The van der Waals surface area contributed by atoms with Gasteiger partial charge in [-0.2, -0.15) is 15.0 Å². The van der Waals surface area contributed by atoms with Crippen LogP contribution in [0.5, 0.6) is 5.88 Å². The van der Waals surface area contributed by atoms with E-state index in [0.29, 0.717) is 47.7 Å². The molecule has 8 nitrogen and oxygen atoms in total. The fraction of sp³-hybridized carbons (Fsp3) is 0.360. The number of aryl methyl sites for hydroxylation is 1. The third-order valence-electron chi connectivity index (χ3n) is 6.23. The van der Waals surface area contributed by atoms with Crippen LogP contribution in [-0.4, -0.2) is 67.3 Å². The van der Waals surface area contributed by atoms with Crippen LogP contribution in [0.25, 0.3) is 16.9 Å². The molecule has 1 unspecified atom stereocenters. The molecule has 8 heteroatoms. The molecule has 0 spiro atoms. The number of piperazine rings is 1. The number of amides is 1. The number of nitrogens with zero attached hydrogens (tertiary/aromatic N) is 6. The molecule has 0 bridgehead atoms. The summed E-state index contributed by atoms with van der Waals surface area (Å²) in [6.07, 6.45) is 3.10. The highest BCUT2D eigenvalue weighted by molar-refractivity contribution is 5.94. The predicted molar refractivity (Wildman–Crippen MR) is 125 cm³/mol. The zero-order valence-electron chi connectivity index (χ0n) is 19.4. The van der Waals surface area contributed by atoms with Crippen LogP contribution in [0, 0.1) is 18.3 Å². The SMILES string of the molecule is Cc1cc(C#N)ccc1-c1cnn(-c2ccc(C(=O)N3CCN(C(C)C)C(C)C3)cn2)c1O. The number of pyridine rings is 1. The Labute approximate surface area is 193 Å². The van der Waals surface area contributed by atoms with Gasteiger partial charge in [0.05, 0.1) is 29.0 Å². The van der Waals surface area contributed by atoms with E-state index in [9.17, 15) is 9.90 Å². The van der Waals surface area contributed by atoms with E-state index in [-0.39, 0.29) is 11.8 Å². The summed E-state index contributed by atoms with van der Waals surface area (Å²) in [6, 6.07) is 11.6. The third kappa shape index (κ3) is 4.32. The maximum absolute atomic E-state index is 13.0. The lowest BCUT2D eigenvalue weighted by Gasteiger charge is -2.42. The van der Waals surface area contributed by atoms with Gasteiger partial charge in [-0.3, -0.25) is 9.69 Å². The Morgan fingerprint density at radius 3 is 2.58 bits per heavy atom. The summed E-state index contributed by atoms with van der Waals surface area (Å²) in [5, 5.41) is 24.1. The number of hydrogen-bond donors (Lipinski definition) is 1. The van der Waals surface area contributed by atoms with Gasteiger partial charge in [0.25, 0.3) is 5.91 Å². The van der Waals surface area contributed by atoms with Gasteiger partial charge in [-0.05, 0) is 63.1 Å². The molecule has 1 fully saturated rings. The van der Waals surface area contributed by atoms with Crippen LogP contribution < -0.4 is 0 Å². The number of nitriles is 1. The Bertz CT molecular complexity index is 1210. The Balaban J connectivity index is 1.53. The van der Waals surface area contributed by atoms with Crippen molar-refractivity contribution in [3.63, 3.8) is 0 Å². The fourth-order valence-electron chi connectivity index (χ4n) is 4.48. The number of rotatable bonds is 4. The van der Waals surface area contributed by atoms with Crippen LogP contribution in [0.15, 0.2) is 42.7 Å². The Morgan fingerprint density at radius 2 is 1.97 bits per heavy atom. The molecular weight excluding hydrogens is 416 g/mol. The normalized spacial score (nSPS) is 16.7. The fourth-order valence-corrected chi connectivity index (χ4v) is 4.48. The highest BCUT2D eigenvalue weighted by Crippen LogP contribution is 2.33. The maximum atomic E-state index is 13.0. The highest BCUT2D eigenvalue weighted by Gasteiger charge is 2.28. The average molecular weight is 445 g/mol. The first-order chi connectivity index (χ1) is 15.8. The van der Waals surface area contributed by atoms with Gasteiger partial charge < -0.3 is 10.0 Å². The van der Waals surface area contributed by atoms with Gasteiger partial charge in [0.15, 0.2) is 5.82 Å². The molecule has 1 aliphatic heterocycles. The van der Waals surface area contributed by atoms with Gasteiger partial charge in [0, 0.05) is 37.9 Å². The van der Waals surface area contributed by atoms with Crippen LogP contribution >= 0.6 is 0 Å². The molecule has 0 aliphatic carbocycles. The van der Waals surface area contributed by atoms with Gasteiger partial charge >= 0.3 is 0 Å². The monoisotopic (exact) mass is 444 g/mol. The molecule has 0 saturated carbocycles. The lowest BCUT2D eigenvalue weighted by atomic mass is 10.0. The minimum atomic E-state index is -0.0481. The smallest absolute Gasteiger partial charge is 0.255 e. The lowest BCUT2D eigenvalue weighted by Crippen LogP contribution is -2.55. The van der Waals surface area contributed by atoms with Gasteiger partial charge in [0.1, 0.15) is 0 Å². The number of hydrogen-bond acceptors (Lipinski definition) is 6. The van der Waals surface area contributed by atoms with Gasteiger partial charge in [-0.1, -0.05) is 6.07 Å². The van der Waals surface area contributed by atoms with Crippen LogP contribution in [0.3, 0.4) is 0 Å². The van der Waals surface area contributed by atoms with Crippen molar-refractivity contribution in [2.75, 3.05) is 19.6 Å². The molecule has 1 atom stereocenters.